The molecule has 0 aliphatic heterocycles. The summed E-state index contributed by atoms with van der Waals surface area (Å²) in [6.07, 6.45) is 2.28. The van der Waals surface area contributed by atoms with E-state index in [1.165, 1.54) is 30.1 Å². The van der Waals surface area contributed by atoms with Crippen molar-refractivity contribution in [3.05, 3.63) is 58.5 Å². The summed E-state index contributed by atoms with van der Waals surface area (Å²) in [5, 5.41) is 12.8. The van der Waals surface area contributed by atoms with E-state index in [1.807, 2.05) is 31.2 Å². The summed E-state index contributed by atoms with van der Waals surface area (Å²) >= 11 is 0. The number of pyridine rings is 1. The van der Waals surface area contributed by atoms with Gasteiger partial charge in [-0.3, -0.25) is 14.8 Å². The van der Waals surface area contributed by atoms with Crippen molar-refractivity contribution in [3.63, 3.8) is 0 Å². The van der Waals surface area contributed by atoms with E-state index in [2.05, 4.69) is 5.16 Å². The van der Waals surface area contributed by atoms with Gasteiger partial charge in [0.15, 0.2) is 14.6 Å². The molecule has 0 aliphatic carbocycles. The summed E-state index contributed by atoms with van der Waals surface area (Å²) < 4.78 is 23.5. The standard InChI is InChI=1S/C20H25N3O6S/c1-14(22-29-3)15-5-7-16(8-6-15)17-9-11-23(18(24)13-17)12-10-20(2,19(25)21-26)30(4,27)28/h5-9,11,13,26H,10,12H2,1-4H3,(H,21,25)/b22-14+. The first kappa shape index (κ1) is 23.3. The number of nitrogens with one attached hydrogen (secondary N) is 1. The lowest BCUT2D eigenvalue weighted by molar-refractivity contribution is -0.131. The number of benzene rings is 1. The Balaban J connectivity index is 2.24. The molecule has 0 bridgehead atoms. The van der Waals surface area contributed by atoms with E-state index in [4.69, 9.17) is 10.0 Å². The molecule has 0 saturated heterocycles. The number of nitrogens with zero attached hydrogens (tertiary/aromatic N) is 2. The zero-order valence-electron chi connectivity index (χ0n) is 17.2. The lowest BCUT2D eigenvalue weighted by Gasteiger charge is -2.25. The van der Waals surface area contributed by atoms with Crippen LogP contribution in [0.4, 0.5) is 0 Å². The molecule has 0 saturated carbocycles. The number of oxime groups is 1. The van der Waals surface area contributed by atoms with Crippen LogP contribution in [0.25, 0.3) is 11.1 Å². The number of rotatable bonds is 8. The normalized spacial score (nSPS) is 14.1. The lowest BCUT2D eigenvalue weighted by Crippen LogP contribution is -2.49. The van der Waals surface area contributed by atoms with Crippen LogP contribution in [0.1, 0.15) is 25.8 Å². The minimum absolute atomic E-state index is 0.0122. The molecule has 2 aromatic rings. The molecule has 1 amide bonds. The zero-order valence-corrected chi connectivity index (χ0v) is 18.1. The highest BCUT2D eigenvalue weighted by molar-refractivity contribution is 7.92. The Labute approximate surface area is 174 Å². The van der Waals surface area contributed by atoms with Crippen molar-refractivity contribution in [2.75, 3.05) is 13.4 Å². The van der Waals surface area contributed by atoms with E-state index in [1.54, 1.807) is 12.3 Å². The average Bonchev–Trinajstić information content (AvgIpc) is 2.71. The highest BCUT2D eigenvalue weighted by Crippen LogP contribution is 2.23. The molecule has 0 radical (unpaired) electrons. The highest BCUT2D eigenvalue weighted by atomic mass is 32.2. The fourth-order valence-electron chi connectivity index (χ4n) is 2.88. The van der Waals surface area contributed by atoms with Gasteiger partial charge in [0.2, 0.25) is 0 Å². The summed E-state index contributed by atoms with van der Waals surface area (Å²) in [5.41, 5.74) is 4.19. The third-order valence-electron chi connectivity index (χ3n) is 5.09. The minimum atomic E-state index is -3.83. The number of hydroxylamine groups is 1. The van der Waals surface area contributed by atoms with Gasteiger partial charge in [0.05, 0.1) is 5.71 Å². The Morgan fingerprint density at radius 3 is 2.37 bits per heavy atom. The molecule has 1 heterocycles. The predicted molar refractivity (Wildman–Crippen MR) is 113 cm³/mol. The van der Waals surface area contributed by atoms with Crippen molar-refractivity contribution in [2.45, 2.75) is 31.6 Å². The third kappa shape index (κ3) is 4.95. The maximum Gasteiger partial charge on any atom is 0.264 e. The first-order chi connectivity index (χ1) is 14.0. The topological polar surface area (TPSA) is 127 Å². The lowest BCUT2D eigenvalue weighted by atomic mass is 10.0. The van der Waals surface area contributed by atoms with Gasteiger partial charge in [-0.05, 0) is 43.0 Å². The number of hydrogen-bond acceptors (Lipinski definition) is 7. The number of aryl methyl sites for hydroxylation is 1. The quantitative estimate of drug-likeness (QED) is 0.368. The molecule has 0 aliphatic rings. The number of sulfone groups is 1. The van der Waals surface area contributed by atoms with E-state index in [9.17, 15) is 18.0 Å². The van der Waals surface area contributed by atoms with Crippen LogP contribution >= 0.6 is 0 Å². The van der Waals surface area contributed by atoms with Gasteiger partial charge in [-0.15, -0.1) is 0 Å². The van der Waals surface area contributed by atoms with Gasteiger partial charge in [0, 0.05) is 25.1 Å². The van der Waals surface area contributed by atoms with Crippen molar-refractivity contribution < 1.29 is 23.3 Å². The first-order valence-corrected chi connectivity index (χ1v) is 11.0. The number of aromatic nitrogens is 1. The molecule has 2 rings (SSSR count). The van der Waals surface area contributed by atoms with E-state index in [0.717, 1.165) is 23.1 Å². The van der Waals surface area contributed by atoms with E-state index in [0.29, 0.717) is 5.56 Å². The molecular weight excluding hydrogens is 410 g/mol. The van der Waals surface area contributed by atoms with Gasteiger partial charge in [-0.2, -0.15) is 0 Å². The van der Waals surface area contributed by atoms with Gasteiger partial charge < -0.3 is 9.40 Å². The summed E-state index contributed by atoms with van der Waals surface area (Å²) in [4.78, 5) is 29.2. The maximum atomic E-state index is 12.5. The van der Waals surface area contributed by atoms with Crippen molar-refractivity contribution in [1.29, 1.82) is 0 Å². The largest absolute Gasteiger partial charge is 0.399 e. The van der Waals surface area contributed by atoms with Crippen molar-refractivity contribution >= 4 is 21.5 Å². The predicted octanol–water partition coefficient (Wildman–Crippen LogP) is 1.58. The molecule has 1 aromatic heterocycles. The Bertz CT molecular complexity index is 1110. The van der Waals surface area contributed by atoms with Gasteiger partial charge in [-0.1, -0.05) is 29.4 Å². The molecule has 162 valence electrons. The van der Waals surface area contributed by atoms with E-state index < -0.39 is 20.5 Å². The third-order valence-corrected chi connectivity index (χ3v) is 7.12. The van der Waals surface area contributed by atoms with Crippen molar-refractivity contribution in [2.24, 2.45) is 5.16 Å². The van der Waals surface area contributed by atoms with E-state index in [-0.39, 0.29) is 18.5 Å². The van der Waals surface area contributed by atoms with Crippen LogP contribution < -0.4 is 11.0 Å². The average molecular weight is 436 g/mol. The fraction of sp³-hybridized carbons (Fsp3) is 0.350. The van der Waals surface area contributed by atoms with Crippen molar-refractivity contribution in [3.8, 4) is 11.1 Å². The monoisotopic (exact) mass is 435 g/mol. The van der Waals surface area contributed by atoms with Crippen LogP contribution in [-0.2, 0) is 26.0 Å². The van der Waals surface area contributed by atoms with Crippen LogP contribution in [-0.4, -0.2) is 47.9 Å². The molecule has 0 fully saturated rings. The van der Waals surface area contributed by atoms with Gasteiger partial charge >= 0.3 is 0 Å². The summed E-state index contributed by atoms with van der Waals surface area (Å²) in [7, 11) is -2.36. The van der Waals surface area contributed by atoms with Crippen LogP contribution in [0.15, 0.2) is 52.5 Å². The molecule has 1 aromatic carbocycles. The second kappa shape index (κ2) is 9.23. The molecule has 2 N–H and O–H groups in total. The smallest absolute Gasteiger partial charge is 0.264 e. The van der Waals surface area contributed by atoms with Gasteiger partial charge in [-0.25, -0.2) is 13.9 Å². The Morgan fingerprint density at radius 1 is 1.23 bits per heavy atom. The van der Waals surface area contributed by atoms with Crippen LogP contribution in [0.2, 0.25) is 0 Å². The Hall–Kier alpha value is -2.98. The van der Waals surface area contributed by atoms with Crippen LogP contribution in [0.5, 0.6) is 0 Å². The molecule has 9 nitrogen and oxygen atoms in total. The zero-order chi connectivity index (χ0) is 22.5. The number of carbonyl (C=O) groups excluding carboxylic acids is 1. The highest BCUT2D eigenvalue weighted by Gasteiger charge is 2.43. The number of hydrogen-bond donors (Lipinski definition) is 2. The fourth-order valence-corrected chi connectivity index (χ4v) is 3.73. The van der Waals surface area contributed by atoms with E-state index >= 15 is 0 Å². The molecule has 10 heteroatoms. The Morgan fingerprint density at radius 2 is 1.87 bits per heavy atom. The summed E-state index contributed by atoms with van der Waals surface area (Å²) in [6, 6.07) is 10.6. The molecule has 1 unspecified atom stereocenters. The van der Waals surface area contributed by atoms with Gasteiger partial charge in [0.1, 0.15) is 7.11 Å². The maximum absolute atomic E-state index is 12.5. The van der Waals surface area contributed by atoms with Gasteiger partial charge in [0.25, 0.3) is 11.5 Å². The molecule has 0 spiro atoms. The van der Waals surface area contributed by atoms with Crippen LogP contribution in [0, 0.1) is 0 Å². The summed E-state index contributed by atoms with van der Waals surface area (Å²) in [5.74, 6) is -1.04. The first-order valence-electron chi connectivity index (χ1n) is 9.06. The Kier molecular flexibility index (Phi) is 7.16. The molecule has 30 heavy (non-hydrogen) atoms. The van der Waals surface area contributed by atoms with Crippen LogP contribution in [0.3, 0.4) is 0 Å². The second-order valence-corrected chi connectivity index (χ2v) is 9.52. The number of amides is 1. The second-order valence-electron chi connectivity index (χ2n) is 7.08. The molecule has 1 atom stereocenters. The SMILES string of the molecule is CO/N=C(\C)c1ccc(-c2ccn(CCC(C)(C(=O)NO)S(C)(=O)=O)c(=O)c2)cc1. The molecular formula is C20H25N3O6S. The number of carbonyl (C=O) groups is 1. The minimum Gasteiger partial charge on any atom is -0.399 e. The van der Waals surface area contributed by atoms with Crippen molar-refractivity contribution in [1.82, 2.24) is 10.0 Å². The summed E-state index contributed by atoms with van der Waals surface area (Å²) in [6.45, 7) is 3.02.